The molecule has 0 saturated heterocycles. The predicted octanol–water partition coefficient (Wildman–Crippen LogP) is 0.819. The van der Waals surface area contributed by atoms with E-state index in [1.807, 2.05) is 13.8 Å². The molecule has 2 heteroatoms. The number of hydrogen-bond donors (Lipinski definition) is 1. The lowest BCUT2D eigenvalue weighted by atomic mass is 10.2. The van der Waals surface area contributed by atoms with Gasteiger partial charge in [0.05, 0.1) is 6.04 Å². The van der Waals surface area contributed by atoms with E-state index in [0.29, 0.717) is 0 Å². The van der Waals surface area contributed by atoms with Crippen LogP contribution in [0.5, 0.6) is 0 Å². The summed E-state index contributed by atoms with van der Waals surface area (Å²) in [6, 6.07) is 0.0278. The molecule has 0 heterocycles. The summed E-state index contributed by atoms with van der Waals surface area (Å²) < 4.78 is 0. The largest absolute Gasteiger partial charge is 0.308 e. The van der Waals surface area contributed by atoms with Crippen molar-refractivity contribution in [1.82, 2.24) is 5.32 Å². The summed E-state index contributed by atoms with van der Waals surface area (Å²) in [6.07, 6.45) is 0. The van der Waals surface area contributed by atoms with E-state index in [2.05, 4.69) is 5.32 Å². The van der Waals surface area contributed by atoms with Gasteiger partial charge in [-0.3, -0.25) is 4.79 Å². The molecule has 0 saturated carbocycles. The van der Waals surface area contributed by atoms with Crippen molar-refractivity contribution in [2.75, 3.05) is 6.54 Å². The van der Waals surface area contributed by atoms with Gasteiger partial charge in [0.1, 0.15) is 5.78 Å². The van der Waals surface area contributed by atoms with E-state index < -0.39 is 0 Å². The summed E-state index contributed by atoms with van der Waals surface area (Å²) in [7, 11) is 0. The zero-order valence-electron chi connectivity index (χ0n) is 5.69. The van der Waals surface area contributed by atoms with Crippen LogP contribution in [0.1, 0.15) is 22.2 Å². The molecule has 0 aliphatic rings. The number of carbonyl (C=O) groups excluding carboxylic acids is 1. The predicted molar refractivity (Wildman–Crippen MR) is 35.9 cm³/mol. The molecular weight excluding hydrogens is 102 g/mol. The average molecular weight is 117 g/mol. The van der Waals surface area contributed by atoms with Gasteiger partial charge in [0.15, 0.2) is 0 Å². The van der Waals surface area contributed by atoms with Crippen LogP contribution in [0.3, 0.4) is 0 Å². The van der Waals surface area contributed by atoms with Crippen LogP contribution in [0.25, 0.3) is 0 Å². The molecule has 0 aromatic carbocycles. The quantitative estimate of drug-likeness (QED) is 0.593. The van der Waals surface area contributed by atoms with Crippen LogP contribution in [0, 0.1) is 0 Å². The first-order valence-electron chi connectivity index (χ1n) is 2.92. The van der Waals surface area contributed by atoms with Crippen LogP contribution in [-0.2, 0) is 4.79 Å². The third-order valence-corrected chi connectivity index (χ3v) is 1.12. The first kappa shape index (κ1) is 7.63. The molecule has 0 bridgehead atoms. The van der Waals surface area contributed by atoms with Crippen LogP contribution in [-0.4, -0.2) is 18.4 Å². The summed E-state index contributed by atoms with van der Waals surface area (Å²) in [6.45, 7) is 6.30. The smallest absolute Gasteiger partial charge is 0.146 e. The molecule has 8 heavy (non-hydrogen) atoms. The van der Waals surface area contributed by atoms with Crippen LogP contribution in [0.4, 0.5) is 0 Å². The summed E-state index contributed by atoms with van der Waals surface area (Å²) >= 11 is 0. The second-order valence-electron chi connectivity index (χ2n) is 1.89. The lowest BCUT2D eigenvalue weighted by Gasteiger charge is -2.05. The highest BCUT2D eigenvalue weighted by atomic mass is 16.1. The minimum Gasteiger partial charge on any atom is -0.308 e. The van der Waals surface area contributed by atoms with Crippen LogP contribution >= 0.6 is 0 Å². The first-order valence-corrected chi connectivity index (χ1v) is 2.92. The lowest BCUT2D eigenvalue weighted by Crippen LogP contribution is -2.31. The van der Waals surface area contributed by atoms with Gasteiger partial charge in [0.25, 0.3) is 0 Å². The van der Waals surface area contributed by atoms with Gasteiger partial charge < -0.3 is 5.32 Å². The van der Waals surface area contributed by atoms with Crippen molar-refractivity contribution in [3.63, 3.8) is 0 Å². The van der Waals surface area contributed by atoms with Crippen molar-refractivity contribution in [1.29, 1.82) is 0 Å². The van der Waals surface area contributed by atoms with Crippen LogP contribution in [0.2, 0.25) is 0 Å². The number of hydrogen-bond acceptors (Lipinski definition) is 2. The van der Waals surface area contributed by atoms with Gasteiger partial charge in [0, 0.05) is 1.43 Å². The second-order valence-corrected chi connectivity index (χ2v) is 1.89. The van der Waals surface area contributed by atoms with Gasteiger partial charge >= 0.3 is 0 Å². The van der Waals surface area contributed by atoms with E-state index in [-0.39, 0.29) is 13.3 Å². The molecule has 0 rings (SSSR count). The first-order chi connectivity index (χ1) is 3.68. The second kappa shape index (κ2) is 3.61. The highest BCUT2D eigenvalue weighted by molar-refractivity contribution is 5.80. The molecule has 0 amide bonds. The van der Waals surface area contributed by atoms with E-state index in [9.17, 15) is 4.79 Å². The number of carbonyl (C=O) groups is 1. The van der Waals surface area contributed by atoms with Gasteiger partial charge in [-0.1, -0.05) is 6.92 Å². The minimum atomic E-state index is 0. The maximum absolute atomic E-state index is 10.5. The van der Waals surface area contributed by atoms with E-state index in [1.54, 1.807) is 6.92 Å². The van der Waals surface area contributed by atoms with E-state index in [0.717, 1.165) is 6.54 Å². The van der Waals surface area contributed by atoms with Gasteiger partial charge in [-0.25, -0.2) is 0 Å². The van der Waals surface area contributed by atoms with Crippen LogP contribution < -0.4 is 5.32 Å². The van der Waals surface area contributed by atoms with E-state index in [4.69, 9.17) is 0 Å². The molecule has 50 valence electrons. The van der Waals surface area contributed by atoms with Gasteiger partial charge in [0.2, 0.25) is 0 Å². The molecule has 0 aromatic heterocycles. The number of Topliss-reactive ketones (excluding diaryl/α,β-unsaturated/α-hetero) is 1. The Morgan fingerprint density at radius 3 is 2.50 bits per heavy atom. The average Bonchev–Trinajstić information content (AvgIpc) is 1.67. The molecule has 0 aliphatic heterocycles. The Kier molecular flexibility index (Phi) is 3.44. The lowest BCUT2D eigenvalue weighted by molar-refractivity contribution is -0.118. The molecule has 2 nitrogen and oxygen atoms in total. The number of likely N-dealkylation sites (N-methyl/N-ethyl adjacent to an activating group) is 1. The van der Waals surface area contributed by atoms with Crippen molar-refractivity contribution < 1.29 is 6.22 Å². The fourth-order valence-electron chi connectivity index (χ4n) is 0.450. The van der Waals surface area contributed by atoms with Crippen molar-refractivity contribution in [2.24, 2.45) is 0 Å². The molecule has 1 N–H and O–H groups in total. The third kappa shape index (κ3) is 2.75. The maximum Gasteiger partial charge on any atom is 0.146 e. The van der Waals surface area contributed by atoms with Gasteiger partial charge in [-0.15, -0.1) is 0 Å². The Morgan fingerprint density at radius 1 is 1.88 bits per heavy atom. The van der Waals surface area contributed by atoms with Gasteiger partial charge in [-0.05, 0) is 20.4 Å². The molecule has 0 radical (unpaired) electrons. The third-order valence-electron chi connectivity index (χ3n) is 1.12. The summed E-state index contributed by atoms with van der Waals surface area (Å²) in [4.78, 5) is 10.5. The summed E-state index contributed by atoms with van der Waals surface area (Å²) in [5.41, 5.74) is 0. The highest BCUT2D eigenvalue weighted by Gasteiger charge is 2.02. The maximum atomic E-state index is 10.5. The zero-order chi connectivity index (χ0) is 6.57. The molecule has 0 aromatic rings. The fraction of sp³-hybridized carbons (Fsp3) is 0.833. The SMILES string of the molecule is CCN[C@@H](C)C(C)=O.[HH]. The van der Waals surface area contributed by atoms with E-state index in [1.165, 1.54) is 0 Å². The van der Waals surface area contributed by atoms with Crippen molar-refractivity contribution >= 4 is 5.78 Å². The zero-order valence-corrected chi connectivity index (χ0v) is 5.69. The summed E-state index contributed by atoms with van der Waals surface area (Å²) in [5.74, 6) is 0.201. The monoisotopic (exact) mass is 117 g/mol. The van der Waals surface area contributed by atoms with Gasteiger partial charge in [-0.2, -0.15) is 0 Å². The summed E-state index contributed by atoms with van der Waals surface area (Å²) in [5, 5.41) is 3.00. The Balaban J connectivity index is 0. The van der Waals surface area contributed by atoms with E-state index >= 15 is 0 Å². The fourth-order valence-corrected chi connectivity index (χ4v) is 0.450. The molecule has 1 atom stereocenters. The topological polar surface area (TPSA) is 29.1 Å². The van der Waals surface area contributed by atoms with Crippen molar-refractivity contribution in [2.45, 2.75) is 26.8 Å². The molecular formula is C6H15NO. The highest BCUT2D eigenvalue weighted by Crippen LogP contribution is 1.80. The molecule has 0 aliphatic carbocycles. The normalized spacial score (nSPS) is 13.4. The number of ketones is 1. The Labute approximate surface area is 51.8 Å². The number of nitrogens with one attached hydrogen (secondary N) is 1. The molecule has 0 fully saturated rings. The van der Waals surface area contributed by atoms with Crippen molar-refractivity contribution in [3.05, 3.63) is 0 Å². The Morgan fingerprint density at radius 2 is 2.38 bits per heavy atom. The standard InChI is InChI=1S/C6H13NO.H2/c1-4-7-5(2)6(3)8;/h5,7H,4H2,1-3H3;1H/t5-;/m0./s1. The van der Waals surface area contributed by atoms with Crippen LogP contribution in [0.15, 0.2) is 0 Å². The number of rotatable bonds is 3. The minimum absolute atomic E-state index is 0. The van der Waals surface area contributed by atoms with Crippen molar-refractivity contribution in [3.8, 4) is 0 Å². The molecule has 0 spiro atoms. The molecule has 0 unspecified atom stereocenters. The Hall–Kier alpha value is -0.370. The Bertz CT molecular complexity index is 85.1.